The van der Waals surface area contributed by atoms with Crippen LogP contribution in [-0.4, -0.2) is 45.7 Å². The summed E-state index contributed by atoms with van der Waals surface area (Å²) in [7, 11) is -2.51. The van der Waals surface area contributed by atoms with Gasteiger partial charge < -0.3 is 0 Å². The maximum absolute atomic E-state index is 12.8. The lowest BCUT2D eigenvalue weighted by Gasteiger charge is -2.02. The molecule has 0 radical (unpaired) electrons. The number of hydrogen-bond donors (Lipinski definition) is 0. The predicted molar refractivity (Wildman–Crippen MR) is 167 cm³/mol. The highest BCUT2D eigenvalue weighted by Gasteiger charge is 2.10. The molecular formula is C28H33F2IN6Si2. The van der Waals surface area contributed by atoms with Crippen molar-refractivity contribution in [3.8, 4) is 35.1 Å². The van der Waals surface area contributed by atoms with Gasteiger partial charge in [-0.05, 0) is 60.7 Å². The number of pyridine rings is 2. The monoisotopic (exact) mass is 674 g/mol. The highest BCUT2D eigenvalue weighted by Crippen LogP contribution is 2.12. The molecule has 6 nitrogen and oxygen atoms in total. The Labute approximate surface area is 245 Å². The molecule has 4 heterocycles. The van der Waals surface area contributed by atoms with Gasteiger partial charge in [-0.1, -0.05) is 45.2 Å². The smallest absolute Gasteiger partial charge is 0.153 e. The Bertz CT molecular complexity index is 1460. The number of nitrogens with zero attached hydrogens (tertiary/aromatic N) is 6. The van der Waals surface area contributed by atoms with Gasteiger partial charge in [-0.15, -0.1) is 17.5 Å². The normalized spacial score (nSPS) is 10.7. The topological polar surface area (TPSA) is 61.4 Å². The van der Waals surface area contributed by atoms with Gasteiger partial charge in [-0.3, -0.25) is 0 Å². The molecule has 0 aliphatic carbocycles. The molecule has 4 aromatic rings. The summed E-state index contributed by atoms with van der Waals surface area (Å²) < 4.78 is 29.7. The van der Waals surface area contributed by atoms with Crippen molar-refractivity contribution < 1.29 is 8.78 Å². The first-order chi connectivity index (χ1) is 18.1. The van der Waals surface area contributed by atoms with Crippen LogP contribution < -0.4 is 0 Å². The molecule has 0 fully saturated rings. The molecule has 0 saturated carbocycles. The third-order valence-electron chi connectivity index (χ3n) is 4.64. The van der Waals surface area contributed by atoms with Gasteiger partial charge in [0.05, 0.1) is 32.9 Å². The van der Waals surface area contributed by atoms with Crippen LogP contribution in [-0.2, 0) is 0 Å². The average molecular weight is 675 g/mol. The van der Waals surface area contributed by atoms with E-state index in [2.05, 4.69) is 99.0 Å². The first kappa shape index (κ1) is 32.1. The van der Waals surface area contributed by atoms with Crippen LogP contribution >= 0.6 is 22.6 Å². The van der Waals surface area contributed by atoms with Crippen molar-refractivity contribution in [2.45, 2.75) is 53.1 Å². The molecule has 204 valence electrons. The Kier molecular flexibility index (Phi) is 11.3. The molecule has 0 spiro atoms. The van der Waals surface area contributed by atoms with Crippen LogP contribution in [0.5, 0.6) is 0 Å². The van der Waals surface area contributed by atoms with Crippen LogP contribution in [0.15, 0.2) is 49.1 Å². The molecule has 0 saturated heterocycles. The van der Waals surface area contributed by atoms with Gasteiger partial charge >= 0.3 is 0 Å². The van der Waals surface area contributed by atoms with E-state index in [1.54, 1.807) is 21.5 Å². The van der Waals surface area contributed by atoms with E-state index >= 15 is 0 Å². The lowest BCUT2D eigenvalue weighted by molar-refractivity contribution is 0.618. The summed E-state index contributed by atoms with van der Waals surface area (Å²) in [5.41, 5.74) is 8.75. The van der Waals surface area contributed by atoms with Crippen molar-refractivity contribution in [1.82, 2.24) is 29.5 Å². The fraction of sp³-hybridized carbons (Fsp3) is 0.286. The molecule has 4 rings (SSSR count). The van der Waals surface area contributed by atoms with E-state index in [9.17, 15) is 8.78 Å². The standard InChI is InChI=1S/C14H16FN3Si.C9H7FIN3.C5H10Si/c1-11-12(7-8-19(2,3)4)10-18(17-11)14-6-5-13(15)9-16-14;1-6-8(11)5-14(13-6)9-3-2-7(10)4-12-9;1-5-6(2,3)4/h5-6,9-10H,1-4H3;2-5H,1H3;1H,2-4H3. The second-order valence-electron chi connectivity index (χ2n) is 10.6. The average Bonchev–Trinajstić information content (AvgIpc) is 3.40. The van der Waals surface area contributed by atoms with Crippen molar-refractivity contribution in [3.63, 3.8) is 0 Å². The van der Waals surface area contributed by atoms with Crippen LogP contribution in [0.2, 0.25) is 39.3 Å². The van der Waals surface area contributed by atoms with Gasteiger partial charge in [0.25, 0.3) is 0 Å². The van der Waals surface area contributed by atoms with E-state index in [1.807, 2.05) is 26.2 Å². The van der Waals surface area contributed by atoms with Gasteiger partial charge in [0.1, 0.15) is 27.8 Å². The Morgan fingerprint density at radius 1 is 0.769 bits per heavy atom. The molecule has 0 atom stereocenters. The summed E-state index contributed by atoms with van der Waals surface area (Å²) in [6.07, 6.45) is 11.2. The third kappa shape index (κ3) is 11.2. The van der Waals surface area contributed by atoms with E-state index in [1.165, 1.54) is 24.5 Å². The van der Waals surface area contributed by atoms with Crippen LogP contribution in [0.1, 0.15) is 17.0 Å². The van der Waals surface area contributed by atoms with Crippen molar-refractivity contribution in [3.05, 3.63) is 81.2 Å². The lowest BCUT2D eigenvalue weighted by atomic mass is 10.3. The molecule has 39 heavy (non-hydrogen) atoms. The van der Waals surface area contributed by atoms with Gasteiger partial charge in [0, 0.05) is 12.4 Å². The maximum Gasteiger partial charge on any atom is 0.153 e. The summed E-state index contributed by atoms with van der Waals surface area (Å²) in [5.74, 6) is 3.70. The Morgan fingerprint density at radius 2 is 1.23 bits per heavy atom. The fourth-order valence-corrected chi connectivity index (χ4v) is 3.40. The van der Waals surface area contributed by atoms with Gasteiger partial charge in [0.15, 0.2) is 11.6 Å². The molecule has 0 unspecified atom stereocenters. The van der Waals surface area contributed by atoms with Gasteiger partial charge in [-0.2, -0.15) is 10.2 Å². The number of terminal acetylenes is 1. The van der Waals surface area contributed by atoms with E-state index in [0.717, 1.165) is 20.5 Å². The van der Waals surface area contributed by atoms with Crippen LogP contribution in [0.3, 0.4) is 0 Å². The van der Waals surface area contributed by atoms with Crippen LogP contribution in [0, 0.1) is 52.5 Å². The first-order valence-corrected chi connectivity index (χ1v) is 20.2. The number of rotatable bonds is 2. The number of aryl methyl sites for hydroxylation is 2. The van der Waals surface area contributed by atoms with E-state index in [4.69, 9.17) is 6.42 Å². The zero-order valence-electron chi connectivity index (χ0n) is 23.5. The van der Waals surface area contributed by atoms with E-state index in [-0.39, 0.29) is 11.6 Å². The van der Waals surface area contributed by atoms with Crippen molar-refractivity contribution in [2.75, 3.05) is 0 Å². The highest BCUT2D eigenvalue weighted by molar-refractivity contribution is 14.1. The molecule has 0 aliphatic heterocycles. The number of halogens is 3. The Morgan fingerprint density at radius 3 is 1.59 bits per heavy atom. The summed E-state index contributed by atoms with van der Waals surface area (Å²) in [6.45, 7) is 16.9. The summed E-state index contributed by atoms with van der Waals surface area (Å²) in [6, 6.07) is 5.92. The summed E-state index contributed by atoms with van der Waals surface area (Å²) in [5, 5.41) is 8.59. The second-order valence-corrected chi connectivity index (χ2v) is 21.3. The third-order valence-corrected chi connectivity index (χ3v) is 7.44. The number of aromatic nitrogens is 6. The molecule has 0 N–H and O–H groups in total. The Balaban J connectivity index is 0.000000234. The predicted octanol–water partition coefficient (Wildman–Crippen LogP) is 6.76. The van der Waals surface area contributed by atoms with E-state index < -0.39 is 16.1 Å². The molecule has 4 aromatic heterocycles. The van der Waals surface area contributed by atoms with Crippen molar-refractivity contribution in [2.24, 2.45) is 0 Å². The first-order valence-electron chi connectivity index (χ1n) is 12.1. The zero-order valence-corrected chi connectivity index (χ0v) is 27.7. The van der Waals surface area contributed by atoms with Gasteiger partial charge in [-0.25, -0.2) is 28.1 Å². The minimum atomic E-state index is -1.40. The number of hydrogen-bond acceptors (Lipinski definition) is 4. The molecule has 0 aliphatic rings. The summed E-state index contributed by atoms with van der Waals surface area (Å²) >= 11 is 2.19. The van der Waals surface area contributed by atoms with Crippen molar-refractivity contribution >= 4 is 38.7 Å². The van der Waals surface area contributed by atoms with E-state index in [0.29, 0.717) is 11.6 Å². The largest absolute Gasteiger partial charge is 0.234 e. The lowest BCUT2D eigenvalue weighted by Crippen LogP contribution is -2.16. The van der Waals surface area contributed by atoms with Crippen LogP contribution in [0.25, 0.3) is 11.6 Å². The summed E-state index contributed by atoms with van der Waals surface area (Å²) in [4.78, 5) is 7.92. The molecular weight excluding hydrogens is 641 g/mol. The maximum atomic E-state index is 12.8. The minimum Gasteiger partial charge on any atom is -0.234 e. The fourth-order valence-electron chi connectivity index (χ4n) is 2.52. The molecule has 0 amide bonds. The van der Waals surface area contributed by atoms with Crippen LogP contribution in [0.4, 0.5) is 8.78 Å². The quantitative estimate of drug-likeness (QED) is 0.134. The Hall–Kier alpha value is -3.14. The SMILES string of the molecule is C#C[Si](C)(C)C.Cc1nn(-c2ccc(F)cn2)cc1C#C[Si](C)(C)C.Cc1nn(-c2ccc(F)cn2)cc1I. The van der Waals surface area contributed by atoms with Crippen molar-refractivity contribution in [1.29, 1.82) is 0 Å². The highest BCUT2D eigenvalue weighted by atomic mass is 127. The molecule has 11 heteroatoms. The zero-order chi connectivity index (χ0) is 29.4. The van der Waals surface area contributed by atoms with Gasteiger partial charge in [0.2, 0.25) is 0 Å². The molecule has 0 aromatic carbocycles. The second kappa shape index (κ2) is 13.8. The minimum absolute atomic E-state index is 0.340. The molecule has 0 bridgehead atoms.